The molecule has 0 amide bonds. The molecule has 0 aromatic heterocycles. The Kier molecular flexibility index (Phi) is 4.14. The van der Waals surface area contributed by atoms with Crippen molar-refractivity contribution in [2.75, 3.05) is 13.2 Å². The first-order valence-electron chi connectivity index (χ1n) is 13.3. The van der Waals surface area contributed by atoms with E-state index < -0.39 is 11.0 Å². The Morgan fingerprint density at radius 1 is 0.838 bits per heavy atom. The second kappa shape index (κ2) is 7.17. The fourth-order valence-corrected chi connectivity index (χ4v) is 8.30. The van der Waals surface area contributed by atoms with E-state index in [1.165, 1.54) is 5.56 Å². The van der Waals surface area contributed by atoms with Crippen LogP contribution in [0.3, 0.4) is 0 Å². The Morgan fingerprint density at radius 2 is 1.59 bits per heavy atom. The minimum Gasteiger partial charge on any atom is -0.492 e. The van der Waals surface area contributed by atoms with Crippen molar-refractivity contribution in [1.82, 2.24) is 4.90 Å². The Balaban J connectivity index is 1.50. The first kappa shape index (κ1) is 21.3. The van der Waals surface area contributed by atoms with Crippen LogP contribution in [-0.4, -0.2) is 35.7 Å². The molecule has 0 bridgehead atoms. The van der Waals surface area contributed by atoms with Crippen LogP contribution in [-0.2, 0) is 5.54 Å². The van der Waals surface area contributed by atoms with Crippen LogP contribution in [0.4, 0.5) is 0 Å². The van der Waals surface area contributed by atoms with Gasteiger partial charge in [-0.3, -0.25) is 14.5 Å². The summed E-state index contributed by atoms with van der Waals surface area (Å²) in [5.41, 5.74) is 2.41. The van der Waals surface area contributed by atoms with Gasteiger partial charge in [0.1, 0.15) is 23.3 Å². The predicted octanol–water partition coefficient (Wildman–Crippen LogP) is 6.06. The van der Waals surface area contributed by atoms with Crippen LogP contribution >= 0.6 is 0 Å². The molecule has 8 rings (SSSR count). The largest absolute Gasteiger partial charge is 0.492 e. The number of rotatable bonds is 1. The summed E-state index contributed by atoms with van der Waals surface area (Å²) in [5.74, 6) is 0.541. The standard InChI is InChI=1S/C33H27NO3/c1-20-14-16-22(17-15-20)29-26-12-6-18-34(26)33(32(29)19-37-27-13-3-2-9-23(27)30(32)35)25-11-5-8-21-7-4-10-24(28(21)25)31(33)36/h2-5,7-11,13-17,26,29H,6,12,18-19H2,1H3/t26?,29-,32-,33?/m1/s1. The van der Waals surface area contributed by atoms with Crippen LogP contribution in [0.15, 0.2) is 84.9 Å². The summed E-state index contributed by atoms with van der Waals surface area (Å²) < 4.78 is 6.50. The number of para-hydroxylation sites is 1. The molecule has 2 spiro atoms. The molecule has 2 fully saturated rings. The molecule has 4 heteroatoms. The zero-order chi connectivity index (χ0) is 24.9. The molecule has 2 unspecified atom stereocenters. The van der Waals surface area contributed by atoms with Crippen molar-refractivity contribution in [3.8, 4) is 5.75 Å². The van der Waals surface area contributed by atoms with Crippen LogP contribution in [0, 0.1) is 12.3 Å². The Labute approximate surface area is 215 Å². The quantitative estimate of drug-likeness (QED) is 0.329. The van der Waals surface area contributed by atoms with E-state index in [0.29, 0.717) is 11.3 Å². The van der Waals surface area contributed by atoms with Gasteiger partial charge < -0.3 is 4.74 Å². The van der Waals surface area contributed by atoms with Gasteiger partial charge in [-0.05, 0) is 60.3 Å². The van der Waals surface area contributed by atoms with Crippen molar-refractivity contribution >= 4 is 22.3 Å². The number of ketones is 2. The molecule has 4 aliphatic rings. The summed E-state index contributed by atoms with van der Waals surface area (Å²) in [6.45, 7) is 3.06. The Morgan fingerprint density at radius 3 is 2.43 bits per heavy atom. The van der Waals surface area contributed by atoms with E-state index in [1.807, 2.05) is 42.5 Å². The van der Waals surface area contributed by atoms with Gasteiger partial charge in [-0.1, -0.05) is 78.4 Å². The third kappa shape index (κ3) is 2.34. The average molecular weight is 486 g/mol. The van der Waals surface area contributed by atoms with Crippen molar-refractivity contribution in [1.29, 1.82) is 0 Å². The molecule has 4 nitrogen and oxygen atoms in total. The zero-order valence-electron chi connectivity index (χ0n) is 20.7. The van der Waals surface area contributed by atoms with Gasteiger partial charge >= 0.3 is 0 Å². The molecule has 0 N–H and O–H groups in total. The minimum atomic E-state index is -1.10. The van der Waals surface area contributed by atoms with E-state index >= 15 is 4.79 Å². The predicted molar refractivity (Wildman–Crippen MR) is 142 cm³/mol. The first-order valence-corrected chi connectivity index (χ1v) is 13.3. The molecule has 4 aromatic carbocycles. The summed E-state index contributed by atoms with van der Waals surface area (Å²) >= 11 is 0. The SMILES string of the molecule is Cc1ccc([C@@H]2C3CCCN3C3(C(=O)c4cccc5cccc3c45)[C@]23COc2ccccc2C3=O)cc1. The highest BCUT2D eigenvalue weighted by molar-refractivity contribution is 6.24. The third-order valence-corrected chi connectivity index (χ3v) is 9.59. The second-order valence-corrected chi connectivity index (χ2v) is 11.1. The summed E-state index contributed by atoms with van der Waals surface area (Å²) in [7, 11) is 0. The lowest BCUT2D eigenvalue weighted by molar-refractivity contribution is 0.00386. The Hall–Kier alpha value is -3.76. The number of hydrogen-bond acceptors (Lipinski definition) is 4. The van der Waals surface area contributed by atoms with Crippen molar-refractivity contribution < 1.29 is 14.3 Å². The molecule has 2 saturated heterocycles. The van der Waals surface area contributed by atoms with E-state index in [4.69, 9.17) is 4.74 Å². The smallest absolute Gasteiger partial charge is 0.189 e. The number of benzene rings is 4. The normalized spacial score (nSPS) is 29.8. The zero-order valence-corrected chi connectivity index (χ0v) is 20.7. The first-order chi connectivity index (χ1) is 18.1. The molecule has 4 aromatic rings. The highest BCUT2D eigenvalue weighted by Crippen LogP contribution is 2.69. The summed E-state index contributed by atoms with van der Waals surface area (Å²) in [4.78, 5) is 32.4. The van der Waals surface area contributed by atoms with E-state index in [-0.39, 0.29) is 30.1 Å². The maximum Gasteiger partial charge on any atom is 0.189 e. The second-order valence-electron chi connectivity index (χ2n) is 11.1. The number of ether oxygens (including phenoxy) is 1. The molecule has 1 aliphatic carbocycles. The van der Waals surface area contributed by atoms with E-state index in [0.717, 1.165) is 46.8 Å². The van der Waals surface area contributed by atoms with Gasteiger partial charge in [-0.25, -0.2) is 0 Å². The number of fused-ring (bicyclic) bond motifs is 5. The van der Waals surface area contributed by atoms with Gasteiger partial charge in [-0.15, -0.1) is 0 Å². The minimum absolute atomic E-state index is 0.0347. The van der Waals surface area contributed by atoms with Crippen LogP contribution in [0.2, 0.25) is 0 Å². The van der Waals surface area contributed by atoms with Crippen LogP contribution < -0.4 is 4.74 Å². The molecule has 37 heavy (non-hydrogen) atoms. The van der Waals surface area contributed by atoms with E-state index in [9.17, 15) is 4.79 Å². The van der Waals surface area contributed by atoms with Gasteiger partial charge in [0.2, 0.25) is 0 Å². The van der Waals surface area contributed by atoms with Gasteiger partial charge in [0, 0.05) is 17.5 Å². The summed E-state index contributed by atoms with van der Waals surface area (Å²) in [6.07, 6.45) is 1.96. The average Bonchev–Trinajstić information content (AvgIpc) is 3.56. The maximum absolute atomic E-state index is 15.0. The highest BCUT2D eigenvalue weighted by atomic mass is 16.5. The molecule has 182 valence electrons. The highest BCUT2D eigenvalue weighted by Gasteiger charge is 2.78. The van der Waals surface area contributed by atoms with Crippen LogP contribution in [0.1, 0.15) is 56.2 Å². The molecule has 4 atom stereocenters. The van der Waals surface area contributed by atoms with Gasteiger partial charge in [0.25, 0.3) is 0 Å². The molecule has 0 saturated carbocycles. The fraction of sp³-hybridized carbons (Fsp3) is 0.273. The maximum atomic E-state index is 15.0. The summed E-state index contributed by atoms with van der Waals surface area (Å²) in [6, 6.07) is 28.4. The van der Waals surface area contributed by atoms with E-state index in [2.05, 4.69) is 54.3 Å². The van der Waals surface area contributed by atoms with Gasteiger partial charge in [0.05, 0.1) is 5.56 Å². The fourth-order valence-electron chi connectivity index (χ4n) is 8.30. The van der Waals surface area contributed by atoms with E-state index in [1.54, 1.807) is 0 Å². The molecule has 3 heterocycles. The number of carbonyl (C=O) groups excluding carboxylic acids is 2. The third-order valence-electron chi connectivity index (χ3n) is 9.59. The van der Waals surface area contributed by atoms with Crippen molar-refractivity contribution in [2.45, 2.75) is 37.3 Å². The van der Waals surface area contributed by atoms with Gasteiger partial charge in [0.15, 0.2) is 11.6 Å². The van der Waals surface area contributed by atoms with Crippen LogP contribution in [0.5, 0.6) is 5.75 Å². The lowest BCUT2D eigenvalue weighted by Crippen LogP contribution is -2.62. The number of carbonyl (C=O) groups is 2. The van der Waals surface area contributed by atoms with Crippen molar-refractivity contribution in [2.24, 2.45) is 5.41 Å². The van der Waals surface area contributed by atoms with Crippen molar-refractivity contribution in [3.05, 3.63) is 113 Å². The Bertz CT molecular complexity index is 1630. The van der Waals surface area contributed by atoms with Crippen LogP contribution in [0.25, 0.3) is 10.8 Å². The molecule has 3 aliphatic heterocycles. The topological polar surface area (TPSA) is 46.6 Å². The molecule has 0 radical (unpaired) electrons. The number of hydrogen-bond donors (Lipinski definition) is 0. The molecular weight excluding hydrogens is 458 g/mol. The van der Waals surface area contributed by atoms with Crippen molar-refractivity contribution in [3.63, 3.8) is 0 Å². The monoisotopic (exact) mass is 485 g/mol. The lowest BCUT2D eigenvalue weighted by Gasteiger charge is -2.49. The number of Topliss-reactive ketones (excluding diaryl/α,β-unsaturated/α-hetero) is 2. The number of aryl methyl sites for hydroxylation is 1. The molecular formula is C33H27NO3. The summed E-state index contributed by atoms with van der Waals surface area (Å²) in [5, 5.41) is 2.05. The van der Waals surface area contributed by atoms with Gasteiger partial charge in [-0.2, -0.15) is 0 Å². The lowest BCUT2D eigenvalue weighted by atomic mass is 9.55. The number of nitrogens with zero attached hydrogens (tertiary/aromatic N) is 1.